The minimum absolute atomic E-state index is 0.0280. The smallest absolute Gasteiger partial charge is 0.305 e. The third-order valence-electron chi connectivity index (χ3n) is 8.15. The van der Waals surface area contributed by atoms with Gasteiger partial charge in [0, 0.05) is 12.8 Å². The second-order valence-electron chi connectivity index (χ2n) is 12.8. The zero-order chi connectivity index (χ0) is 35.7. The van der Waals surface area contributed by atoms with Gasteiger partial charge in [0.25, 0.3) is 0 Å². The Balaban J connectivity index is 3.83. The fourth-order valence-corrected chi connectivity index (χ4v) is 4.81. The summed E-state index contributed by atoms with van der Waals surface area (Å²) in [5, 5.41) is 40.0. The normalized spacial score (nSPS) is 15.6. The highest BCUT2D eigenvalue weighted by Gasteiger charge is 2.15. The molecule has 0 rings (SSSR count). The van der Waals surface area contributed by atoms with Crippen LogP contribution in [0.2, 0.25) is 0 Å². The number of rotatable bonds is 31. The Morgan fingerprint density at radius 3 is 1.67 bits per heavy atom. The zero-order valence-corrected chi connectivity index (χ0v) is 30.2. The van der Waals surface area contributed by atoms with E-state index in [4.69, 9.17) is 9.47 Å². The molecule has 8 nitrogen and oxygen atoms in total. The molecule has 0 aliphatic heterocycles. The standard InChI is InChI=1S/C40H68O8/c1-4-6-19-26-35(41)27-21-16-13-14-17-22-28-37(43)38(44)29-24-31-40(46)48-33-36(42)32-47-39(45)30-23-18-12-10-8-7-9-11-15-20-25-34(3)5-2/h6,13-14,16-17,19,21-22,27-28,34-38,41-44H,4-5,7-12,15,18,20,23-26,29-33H2,1-3H3/b16-13+,17-14-,19-6-,27-21+,28-22-/t34?,35-,36-,37+,38+/m1/s1. The van der Waals surface area contributed by atoms with Crippen molar-refractivity contribution in [1.82, 2.24) is 0 Å². The van der Waals surface area contributed by atoms with Crippen LogP contribution in [0, 0.1) is 5.92 Å². The Kier molecular flexibility index (Phi) is 31.3. The monoisotopic (exact) mass is 676 g/mol. The van der Waals surface area contributed by atoms with Crippen LogP contribution >= 0.6 is 0 Å². The number of aliphatic hydroxyl groups is 4. The van der Waals surface area contributed by atoms with E-state index >= 15 is 0 Å². The maximum absolute atomic E-state index is 12.0. The Hall–Kier alpha value is -2.52. The van der Waals surface area contributed by atoms with E-state index in [0.29, 0.717) is 19.3 Å². The summed E-state index contributed by atoms with van der Waals surface area (Å²) < 4.78 is 10.2. The summed E-state index contributed by atoms with van der Waals surface area (Å²) in [5.41, 5.74) is 0. The lowest BCUT2D eigenvalue weighted by Crippen LogP contribution is -2.26. The maximum Gasteiger partial charge on any atom is 0.305 e. The fourth-order valence-electron chi connectivity index (χ4n) is 4.81. The van der Waals surface area contributed by atoms with E-state index in [1.165, 1.54) is 63.9 Å². The molecule has 48 heavy (non-hydrogen) atoms. The van der Waals surface area contributed by atoms with Crippen molar-refractivity contribution < 1.29 is 39.5 Å². The molecular formula is C40H68O8. The Labute approximate surface area is 291 Å². The molecule has 0 aromatic rings. The number of carbonyl (C=O) groups is 2. The van der Waals surface area contributed by atoms with Crippen LogP contribution in [0.15, 0.2) is 60.8 Å². The van der Waals surface area contributed by atoms with Crippen LogP contribution in [0.4, 0.5) is 0 Å². The second kappa shape index (κ2) is 33.0. The van der Waals surface area contributed by atoms with Crippen molar-refractivity contribution in [2.45, 2.75) is 161 Å². The van der Waals surface area contributed by atoms with E-state index in [1.807, 2.05) is 19.1 Å². The van der Waals surface area contributed by atoms with E-state index in [2.05, 4.69) is 13.8 Å². The minimum atomic E-state index is -1.09. The van der Waals surface area contributed by atoms with Crippen molar-refractivity contribution in [1.29, 1.82) is 0 Å². The summed E-state index contributed by atoms with van der Waals surface area (Å²) >= 11 is 0. The first-order valence-corrected chi connectivity index (χ1v) is 18.6. The maximum atomic E-state index is 12.0. The predicted octanol–water partition coefficient (Wildman–Crippen LogP) is 8.00. The molecule has 0 bridgehead atoms. The summed E-state index contributed by atoms with van der Waals surface area (Å²) in [6.07, 6.45) is 30.8. The number of hydrogen-bond acceptors (Lipinski definition) is 8. The molecule has 0 saturated heterocycles. The molecule has 1 unspecified atom stereocenters. The highest BCUT2D eigenvalue weighted by atomic mass is 16.6. The molecule has 8 heteroatoms. The van der Waals surface area contributed by atoms with Crippen LogP contribution in [-0.4, -0.2) is 70.0 Å². The van der Waals surface area contributed by atoms with Crippen LogP contribution in [0.1, 0.15) is 136 Å². The average Bonchev–Trinajstić information content (AvgIpc) is 3.07. The first-order chi connectivity index (χ1) is 23.2. The number of unbranched alkanes of at least 4 members (excludes halogenated alkanes) is 9. The molecule has 0 aromatic carbocycles. The third-order valence-corrected chi connectivity index (χ3v) is 8.15. The topological polar surface area (TPSA) is 134 Å². The van der Waals surface area contributed by atoms with Gasteiger partial charge in [0.2, 0.25) is 0 Å². The van der Waals surface area contributed by atoms with Crippen molar-refractivity contribution in [2.75, 3.05) is 13.2 Å². The molecule has 0 radical (unpaired) electrons. The van der Waals surface area contributed by atoms with E-state index in [-0.39, 0.29) is 32.0 Å². The Morgan fingerprint density at radius 2 is 1.10 bits per heavy atom. The molecule has 0 aromatic heterocycles. The average molecular weight is 677 g/mol. The SMILES string of the molecule is CC/C=C\C[C@@H](O)/C=C/C=C/C=C\C=C/[C@H](O)[C@@H](O)CCCC(=O)OC[C@H](O)COC(=O)CCCCCCCCCCCCC(C)CC. The number of ether oxygens (including phenoxy) is 2. The molecule has 0 fully saturated rings. The quantitative estimate of drug-likeness (QED) is 0.0251. The largest absolute Gasteiger partial charge is 0.463 e. The Morgan fingerprint density at radius 1 is 0.604 bits per heavy atom. The summed E-state index contributed by atoms with van der Waals surface area (Å²) in [6, 6.07) is 0. The lowest BCUT2D eigenvalue weighted by Gasteiger charge is -2.14. The van der Waals surface area contributed by atoms with Gasteiger partial charge in [-0.05, 0) is 38.0 Å². The minimum Gasteiger partial charge on any atom is -0.463 e. The summed E-state index contributed by atoms with van der Waals surface area (Å²) in [4.78, 5) is 23.9. The summed E-state index contributed by atoms with van der Waals surface area (Å²) in [6.45, 7) is 6.15. The predicted molar refractivity (Wildman–Crippen MR) is 195 cm³/mol. The van der Waals surface area contributed by atoms with Gasteiger partial charge >= 0.3 is 11.9 Å². The first kappa shape index (κ1) is 45.5. The van der Waals surface area contributed by atoms with Gasteiger partial charge in [0.15, 0.2) is 0 Å². The summed E-state index contributed by atoms with van der Waals surface area (Å²) in [7, 11) is 0. The lowest BCUT2D eigenvalue weighted by molar-refractivity contribution is -0.152. The van der Waals surface area contributed by atoms with Gasteiger partial charge < -0.3 is 29.9 Å². The van der Waals surface area contributed by atoms with Crippen molar-refractivity contribution in [3.8, 4) is 0 Å². The highest BCUT2D eigenvalue weighted by molar-refractivity contribution is 5.69. The number of aliphatic hydroxyl groups excluding tert-OH is 4. The highest BCUT2D eigenvalue weighted by Crippen LogP contribution is 2.15. The van der Waals surface area contributed by atoms with Crippen LogP contribution < -0.4 is 0 Å². The lowest BCUT2D eigenvalue weighted by atomic mass is 9.99. The van der Waals surface area contributed by atoms with Crippen LogP contribution in [-0.2, 0) is 19.1 Å². The number of carbonyl (C=O) groups excluding carboxylic acids is 2. The molecule has 5 atom stereocenters. The van der Waals surface area contributed by atoms with Crippen molar-refractivity contribution in [2.24, 2.45) is 5.92 Å². The van der Waals surface area contributed by atoms with Gasteiger partial charge in [0.1, 0.15) is 19.3 Å². The van der Waals surface area contributed by atoms with Crippen molar-refractivity contribution in [3.63, 3.8) is 0 Å². The van der Waals surface area contributed by atoms with Gasteiger partial charge in [-0.15, -0.1) is 0 Å². The zero-order valence-electron chi connectivity index (χ0n) is 30.2. The van der Waals surface area contributed by atoms with E-state index < -0.39 is 30.4 Å². The molecule has 0 saturated carbocycles. The van der Waals surface area contributed by atoms with E-state index in [0.717, 1.165) is 31.6 Å². The molecule has 0 heterocycles. The van der Waals surface area contributed by atoms with Gasteiger partial charge in [-0.3, -0.25) is 9.59 Å². The number of allylic oxidation sites excluding steroid dienone is 7. The van der Waals surface area contributed by atoms with Crippen molar-refractivity contribution in [3.05, 3.63) is 60.8 Å². The molecular weight excluding hydrogens is 608 g/mol. The molecule has 0 amide bonds. The van der Waals surface area contributed by atoms with Gasteiger partial charge in [-0.2, -0.15) is 0 Å². The van der Waals surface area contributed by atoms with Crippen LogP contribution in [0.3, 0.4) is 0 Å². The first-order valence-electron chi connectivity index (χ1n) is 18.6. The molecule has 0 aliphatic carbocycles. The molecule has 4 N–H and O–H groups in total. The van der Waals surface area contributed by atoms with Crippen molar-refractivity contribution >= 4 is 11.9 Å². The van der Waals surface area contributed by atoms with Crippen LogP contribution in [0.5, 0.6) is 0 Å². The van der Waals surface area contributed by atoms with Crippen LogP contribution in [0.25, 0.3) is 0 Å². The molecule has 276 valence electrons. The summed E-state index contributed by atoms with van der Waals surface area (Å²) in [5.74, 6) is -0.0333. The fraction of sp³-hybridized carbons (Fsp3) is 0.700. The number of esters is 2. The Bertz CT molecular complexity index is 922. The van der Waals surface area contributed by atoms with E-state index in [1.54, 1.807) is 42.5 Å². The second-order valence-corrected chi connectivity index (χ2v) is 12.8. The van der Waals surface area contributed by atoms with E-state index in [9.17, 15) is 30.0 Å². The molecule has 0 spiro atoms. The molecule has 0 aliphatic rings. The van der Waals surface area contributed by atoms with Gasteiger partial charge in [0.05, 0.1) is 18.3 Å². The van der Waals surface area contributed by atoms with Gasteiger partial charge in [-0.1, -0.05) is 152 Å². The number of hydrogen-bond donors (Lipinski definition) is 4. The third kappa shape index (κ3) is 30.8. The van der Waals surface area contributed by atoms with Gasteiger partial charge in [-0.25, -0.2) is 0 Å².